The molecule has 0 aromatic rings. The Labute approximate surface area is 73.2 Å². The lowest BCUT2D eigenvalue weighted by molar-refractivity contribution is 0.739. The minimum Gasteiger partial charge on any atom is -0.259 e. The molecule has 1 aliphatic heterocycles. The Hall–Kier alpha value is -1.11. The summed E-state index contributed by atoms with van der Waals surface area (Å²) < 4.78 is 0. The minimum atomic E-state index is 0.594. The van der Waals surface area contributed by atoms with Crippen molar-refractivity contribution < 1.29 is 0 Å². The van der Waals surface area contributed by atoms with Crippen LogP contribution in [-0.2, 0) is 0 Å². The summed E-state index contributed by atoms with van der Waals surface area (Å²) in [7, 11) is 0. The summed E-state index contributed by atoms with van der Waals surface area (Å²) in [6.07, 6.45) is 13.1. The molecule has 0 aromatic carbocycles. The fraction of sp³-hybridized carbons (Fsp3) is 0.364. The van der Waals surface area contributed by atoms with E-state index in [4.69, 9.17) is 0 Å². The van der Waals surface area contributed by atoms with Crippen molar-refractivity contribution in [2.24, 2.45) is 10.9 Å². The first-order valence-electron chi connectivity index (χ1n) is 4.45. The van der Waals surface area contributed by atoms with Crippen LogP contribution in [0.5, 0.6) is 0 Å². The van der Waals surface area contributed by atoms with Crippen molar-refractivity contribution in [1.82, 2.24) is 0 Å². The first kappa shape index (κ1) is 7.53. The summed E-state index contributed by atoms with van der Waals surface area (Å²) in [6, 6.07) is 0. The second-order valence-corrected chi connectivity index (χ2v) is 3.36. The fourth-order valence-corrected chi connectivity index (χ4v) is 1.67. The van der Waals surface area contributed by atoms with Gasteiger partial charge in [0, 0.05) is 11.4 Å². The molecule has 0 N–H and O–H groups in total. The third-order valence-electron chi connectivity index (χ3n) is 2.27. The molecule has 0 radical (unpaired) electrons. The number of hydrogen-bond donors (Lipinski definition) is 0. The van der Waals surface area contributed by atoms with Crippen LogP contribution < -0.4 is 0 Å². The third-order valence-corrected chi connectivity index (χ3v) is 2.27. The van der Waals surface area contributed by atoms with E-state index >= 15 is 0 Å². The zero-order chi connectivity index (χ0) is 8.39. The van der Waals surface area contributed by atoms with Gasteiger partial charge in [0.2, 0.25) is 0 Å². The Bertz CT molecular complexity index is 292. The lowest BCUT2D eigenvalue weighted by Gasteiger charge is -2.05. The molecule has 1 heterocycles. The van der Waals surface area contributed by atoms with Gasteiger partial charge in [0.15, 0.2) is 0 Å². The second kappa shape index (κ2) is 3.10. The van der Waals surface area contributed by atoms with Gasteiger partial charge in [0.25, 0.3) is 0 Å². The van der Waals surface area contributed by atoms with Crippen molar-refractivity contribution in [2.75, 3.05) is 0 Å². The molecule has 0 fully saturated rings. The molecular weight excluding hydrogens is 146 g/mol. The molecule has 1 unspecified atom stereocenters. The molecule has 1 heteroatoms. The minimum absolute atomic E-state index is 0.594. The van der Waals surface area contributed by atoms with Gasteiger partial charge < -0.3 is 0 Å². The van der Waals surface area contributed by atoms with E-state index in [1.807, 2.05) is 0 Å². The van der Waals surface area contributed by atoms with Crippen LogP contribution in [0, 0.1) is 5.92 Å². The highest BCUT2D eigenvalue weighted by atomic mass is 14.7. The van der Waals surface area contributed by atoms with Crippen molar-refractivity contribution in [3.05, 3.63) is 36.1 Å². The summed E-state index contributed by atoms with van der Waals surface area (Å²) in [4.78, 5) is 4.51. The average molecular weight is 159 g/mol. The molecule has 0 amide bonds. The van der Waals surface area contributed by atoms with Crippen molar-refractivity contribution in [3.8, 4) is 0 Å². The molecule has 0 spiro atoms. The number of hydrogen-bond acceptors (Lipinski definition) is 1. The summed E-state index contributed by atoms with van der Waals surface area (Å²) in [6.45, 7) is 2.07. The molecule has 0 saturated carbocycles. The molecule has 1 atom stereocenters. The van der Waals surface area contributed by atoms with Gasteiger partial charge in [-0.05, 0) is 31.8 Å². The van der Waals surface area contributed by atoms with Gasteiger partial charge in [-0.2, -0.15) is 0 Å². The SMILES string of the molecule is CC1=CC2/C=C\C=C/C(=N1)CC2. The molecule has 1 nitrogen and oxygen atoms in total. The van der Waals surface area contributed by atoms with Gasteiger partial charge >= 0.3 is 0 Å². The first-order chi connectivity index (χ1) is 5.84. The smallest absolute Gasteiger partial charge is 0.0407 e. The van der Waals surface area contributed by atoms with Gasteiger partial charge in [-0.1, -0.05) is 24.3 Å². The topological polar surface area (TPSA) is 12.4 Å². The molecule has 1 aliphatic carbocycles. The quantitative estimate of drug-likeness (QED) is 0.515. The monoisotopic (exact) mass is 159 g/mol. The van der Waals surface area contributed by atoms with Crippen LogP contribution in [0.15, 0.2) is 41.1 Å². The summed E-state index contributed by atoms with van der Waals surface area (Å²) >= 11 is 0. The number of rotatable bonds is 0. The molecule has 62 valence electrons. The Kier molecular flexibility index (Phi) is 1.94. The molecule has 0 aromatic heterocycles. The normalized spacial score (nSPS) is 32.6. The van der Waals surface area contributed by atoms with Gasteiger partial charge in [0.1, 0.15) is 0 Å². The highest BCUT2D eigenvalue weighted by Gasteiger charge is 2.09. The highest BCUT2D eigenvalue weighted by Crippen LogP contribution is 2.20. The van der Waals surface area contributed by atoms with E-state index in [1.165, 1.54) is 12.1 Å². The highest BCUT2D eigenvalue weighted by molar-refractivity contribution is 5.96. The maximum atomic E-state index is 4.51. The van der Waals surface area contributed by atoms with Gasteiger partial charge in [0.05, 0.1) is 0 Å². The zero-order valence-electron chi connectivity index (χ0n) is 7.33. The summed E-state index contributed by atoms with van der Waals surface area (Å²) in [5, 5.41) is 0. The van der Waals surface area contributed by atoms with E-state index in [1.54, 1.807) is 0 Å². The van der Waals surface area contributed by atoms with Crippen molar-refractivity contribution in [3.63, 3.8) is 0 Å². The third kappa shape index (κ3) is 1.55. The predicted octanol–water partition coefficient (Wildman–Crippen LogP) is 2.87. The van der Waals surface area contributed by atoms with Crippen LogP contribution >= 0.6 is 0 Å². The van der Waals surface area contributed by atoms with E-state index < -0.39 is 0 Å². The number of aliphatic imine (C=N–C) groups is 1. The van der Waals surface area contributed by atoms with Gasteiger partial charge in [-0.3, -0.25) is 4.99 Å². The van der Waals surface area contributed by atoms with Crippen LogP contribution in [0.2, 0.25) is 0 Å². The van der Waals surface area contributed by atoms with Crippen LogP contribution in [0.1, 0.15) is 19.8 Å². The van der Waals surface area contributed by atoms with Crippen LogP contribution in [0.3, 0.4) is 0 Å². The number of allylic oxidation sites excluding steroid dienone is 6. The Balaban J connectivity index is 2.42. The van der Waals surface area contributed by atoms with Crippen molar-refractivity contribution in [2.45, 2.75) is 19.8 Å². The molecule has 2 rings (SSSR count). The predicted molar refractivity (Wildman–Crippen MR) is 52.2 cm³/mol. The van der Waals surface area contributed by atoms with E-state index in [9.17, 15) is 0 Å². The summed E-state index contributed by atoms with van der Waals surface area (Å²) in [5.74, 6) is 0.594. The molecule has 2 bridgehead atoms. The van der Waals surface area contributed by atoms with E-state index in [2.05, 4.69) is 42.3 Å². The number of nitrogens with zero attached hydrogens (tertiary/aromatic N) is 1. The van der Waals surface area contributed by atoms with Gasteiger partial charge in [-0.25, -0.2) is 0 Å². The summed E-state index contributed by atoms with van der Waals surface area (Å²) in [5.41, 5.74) is 2.37. The van der Waals surface area contributed by atoms with E-state index in [-0.39, 0.29) is 0 Å². The zero-order valence-corrected chi connectivity index (χ0v) is 7.33. The lowest BCUT2D eigenvalue weighted by atomic mass is 9.99. The molecular formula is C11H13N. The Morgan fingerprint density at radius 3 is 3.25 bits per heavy atom. The van der Waals surface area contributed by atoms with Crippen LogP contribution in [0.4, 0.5) is 0 Å². The van der Waals surface area contributed by atoms with Gasteiger partial charge in [-0.15, -0.1) is 0 Å². The average Bonchev–Trinajstić information content (AvgIpc) is 2.11. The fourth-order valence-electron chi connectivity index (χ4n) is 1.67. The molecule has 2 aliphatic rings. The molecule has 0 saturated heterocycles. The maximum Gasteiger partial charge on any atom is 0.0407 e. The van der Waals surface area contributed by atoms with Crippen LogP contribution in [-0.4, -0.2) is 5.71 Å². The standard InChI is InChI=1S/C11H13N/c1-9-8-10-4-2-3-5-11(12-9)7-6-10/h2-5,8,10H,6-7H2,1H3/b4-2-,5-3-. The number of fused-ring (bicyclic) bond motifs is 3. The van der Waals surface area contributed by atoms with Crippen molar-refractivity contribution >= 4 is 5.71 Å². The van der Waals surface area contributed by atoms with Crippen LogP contribution in [0.25, 0.3) is 0 Å². The molecule has 12 heavy (non-hydrogen) atoms. The second-order valence-electron chi connectivity index (χ2n) is 3.36. The maximum absolute atomic E-state index is 4.51. The Morgan fingerprint density at radius 2 is 2.33 bits per heavy atom. The van der Waals surface area contributed by atoms with E-state index in [0.717, 1.165) is 12.1 Å². The largest absolute Gasteiger partial charge is 0.259 e. The lowest BCUT2D eigenvalue weighted by Crippen LogP contribution is -1.97. The Morgan fingerprint density at radius 1 is 1.42 bits per heavy atom. The van der Waals surface area contributed by atoms with Crippen molar-refractivity contribution in [1.29, 1.82) is 0 Å². The van der Waals surface area contributed by atoms with E-state index in [0.29, 0.717) is 5.92 Å². The first-order valence-corrected chi connectivity index (χ1v) is 4.45.